The van der Waals surface area contributed by atoms with Crippen molar-refractivity contribution >= 4 is 17.1 Å². The highest BCUT2D eigenvalue weighted by molar-refractivity contribution is 5.46. The first kappa shape index (κ1) is 35.9. The van der Waals surface area contributed by atoms with Crippen LogP contribution in [0.15, 0.2) is 54.6 Å². The Bertz CT molecular complexity index is 1440. The molecular weight excluding hydrogens is 534 g/mol. The molecule has 9 heteroatoms. The minimum atomic E-state index is -0.362. The van der Waals surface area contributed by atoms with Crippen molar-refractivity contribution in [3.63, 3.8) is 0 Å². The van der Waals surface area contributed by atoms with Crippen LogP contribution >= 0.6 is 0 Å². The first-order chi connectivity index (χ1) is 19.0. The second-order valence-electron chi connectivity index (χ2n) is 13.5. The first-order valence-electron chi connectivity index (χ1n) is 13.7. The van der Waals surface area contributed by atoms with E-state index < -0.39 is 0 Å². The van der Waals surface area contributed by atoms with Gasteiger partial charge in [0.15, 0.2) is 0 Å². The van der Waals surface area contributed by atoms with Crippen LogP contribution in [-0.4, -0.2) is 14.8 Å². The number of nitro benzene ring substituents is 3. The minimum absolute atomic E-state index is 0.0409. The smallest absolute Gasteiger partial charge is 0.258 e. The molecule has 0 saturated heterocycles. The number of benzene rings is 3. The van der Waals surface area contributed by atoms with Crippen molar-refractivity contribution in [2.45, 2.75) is 99.3 Å². The average Bonchev–Trinajstić information content (AvgIpc) is 2.82. The quantitative estimate of drug-likeness (QED) is 0.224. The average molecular weight is 580 g/mol. The lowest BCUT2D eigenvalue weighted by Gasteiger charge is -2.21. The van der Waals surface area contributed by atoms with E-state index in [0.29, 0.717) is 0 Å². The second kappa shape index (κ2) is 13.7. The monoisotopic (exact) mass is 579 g/mol. The van der Waals surface area contributed by atoms with Gasteiger partial charge >= 0.3 is 0 Å². The Hall–Kier alpha value is -4.14. The molecule has 0 saturated carbocycles. The van der Waals surface area contributed by atoms with Crippen LogP contribution in [-0.2, 0) is 16.2 Å². The molecule has 0 N–H and O–H groups in total. The molecular formula is C33H45N3O6. The molecule has 0 spiro atoms. The van der Waals surface area contributed by atoms with Gasteiger partial charge in [-0.1, -0.05) is 86.1 Å². The number of hydrogen-bond donors (Lipinski definition) is 0. The summed E-state index contributed by atoms with van der Waals surface area (Å²) in [6.07, 6.45) is 0. The maximum atomic E-state index is 10.8. The van der Waals surface area contributed by atoms with Crippen LogP contribution in [0.2, 0.25) is 0 Å². The topological polar surface area (TPSA) is 129 Å². The van der Waals surface area contributed by atoms with E-state index in [1.807, 2.05) is 58.9 Å². The van der Waals surface area contributed by atoms with Crippen LogP contribution in [0.3, 0.4) is 0 Å². The van der Waals surface area contributed by atoms with Gasteiger partial charge in [0, 0.05) is 35.4 Å². The van der Waals surface area contributed by atoms with Crippen molar-refractivity contribution in [2.75, 3.05) is 0 Å². The Kier molecular flexibility index (Phi) is 11.7. The fourth-order valence-electron chi connectivity index (χ4n) is 4.34. The number of hydrogen-bond acceptors (Lipinski definition) is 6. The van der Waals surface area contributed by atoms with E-state index in [2.05, 4.69) is 41.5 Å². The molecule has 0 unspecified atom stereocenters. The molecule has 3 rings (SSSR count). The van der Waals surface area contributed by atoms with Crippen LogP contribution in [0.25, 0.3) is 0 Å². The number of nitrogens with zero attached hydrogens (tertiary/aromatic N) is 3. The number of nitro groups is 3. The zero-order chi connectivity index (χ0) is 32.8. The SMILES string of the molecule is Cc1cc(C(C)(C)C)ccc1[N+](=O)[O-].Cc1cc([N+](=O)[O-])ccc1C(C)(C)C.Cc1ccc([N+](=O)[O-])c(C(C)(C)C)c1. The summed E-state index contributed by atoms with van der Waals surface area (Å²) >= 11 is 0. The zero-order valence-corrected chi connectivity index (χ0v) is 27.0. The van der Waals surface area contributed by atoms with Crippen molar-refractivity contribution in [2.24, 2.45) is 0 Å². The first-order valence-corrected chi connectivity index (χ1v) is 13.7. The molecule has 3 aromatic rings. The maximum Gasteiger partial charge on any atom is 0.273 e. The van der Waals surface area contributed by atoms with E-state index in [1.165, 1.54) is 0 Å². The standard InChI is InChI=1S/3C11H15NO2/c1-8-7-9(12(13)14)5-6-10(8)11(2,3)4;1-8-7-9(11(2,3)4)5-6-10(8)12(13)14;1-8-5-6-10(12(13)14)9(7-8)11(2,3)4/h3*5-7H,1-4H3. The molecule has 0 aromatic heterocycles. The van der Waals surface area contributed by atoms with E-state index in [1.54, 1.807) is 37.3 Å². The molecule has 9 nitrogen and oxygen atoms in total. The van der Waals surface area contributed by atoms with Gasteiger partial charge in [-0.2, -0.15) is 0 Å². The van der Waals surface area contributed by atoms with Gasteiger partial charge in [0.2, 0.25) is 0 Å². The molecule has 0 fully saturated rings. The minimum Gasteiger partial charge on any atom is -0.258 e. The Morgan fingerprint density at radius 2 is 1.00 bits per heavy atom. The number of rotatable bonds is 3. The summed E-state index contributed by atoms with van der Waals surface area (Å²) < 4.78 is 0. The molecule has 0 amide bonds. The Morgan fingerprint density at radius 3 is 1.38 bits per heavy atom. The molecule has 228 valence electrons. The van der Waals surface area contributed by atoms with Crippen LogP contribution < -0.4 is 0 Å². The third kappa shape index (κ3) is 10.4. The second-order valence-corrected chi connectivity index (χ2v) is 13.5. The molecule has 0 aliphatic rings. The van der Waals surface area contributed by atoms with Crippen LogP contribution in [0.1, 0.15) is 95.7 Å². The van der Waals surface area contributed by atoms with Crippen LogP contribution in [0.5, 0.6) is 0 Å². The summed E-state index contributed by atoms with van der Waals surface area (Å²) in [5.41, 5.74) is 6.30. The Morgan fingerprint density at radius 1 is 0.500 bits per heavy atom. The maximum absolute atomic E-state index is 10.8. The number of aryl methyl sites for hydroxylation is 3. The summed E-state index contributed by atoms with van der Waals surface area (Å²) in [6.45, 7) is 24.1. The van der Waals surface area contributed by atoms with Crippen molar-refractivity contribution in [3.05, 3.63) is 118 Å². The van der Waals surface area contributed by atoms with E-state index in [-0.39, 0.29) is 48.1 Å². The van der Waals surface area contributed by atoms with Gasteiger partial charge in [-0.3, -0.25) is 30.3 Å². The lowest BCUT2D eigenvalue weighted by atomic mass is 9.84. The Balaban J connectivity index is 0.000000315. The fourth-order valence-corrected chi connectivity index (χ4v) is 4.34. The molecule has 0 atom stereocenters. The third-order valence-electron chi connectivity index (χ3n) is 6.65. The summed E-state index contributed by atoms with van der Waals surface area (Å²) in [5.74, 6) is 0. The lowest BCUT2D eigenvalue weighted by molar-refractivity contribution is -0.386. The van der Waals surface area contributed by atoms with Crippen molar-refractivity contribution in [1.82, 2.24) is 0 Å². The predicted molar refractivity (Wildman–Crippen MR) is 170 cm³/mol. The summed E-state index contributed by atoms with van der Waals surface area (Å²) in [7, 11) is 0. The molecule has 42 heavy (non-hydrogen) atoms. The summed E-state index contributed by atoms with van der Waals surface area (Å²) in [5, 5.41) is 31.9. The Labute approximate surface area is 249 Å². The molecule has 0 radical (unpaired) electrons. The van der Waals surface area contributed by atoms with Crippen molar-refractivity contribution in [1.29, 1.82) is 0 Å². The normalized spacial score (nSPS) is 11.4. The van der Waals surface area contributed by atoms with E-state index >= 15 is 0 Å². The molecule has 0 bridgehead atoms. The molecule has 0 aliphatic carbocycles. The highest BCUT2D eigenvalue weighted by atomic mass is 16.6. The van der Waals surface area contributed by atoms with Crippen molar-refractivity contribution < 1.29 is 14.8 Å². The van der Waals surface area contributed by atoms with Gasteiger partial charge < -0.3 is 0 Å². The van der Waals surface area contributed by atoms with Gasteiger partial charge in [-0.15, -0.1) is 0 Å². The van der Waals surface area contributed by atoms with Gasteiger partial charge in [0.05, 0.1) is 14.8 Å². The van der Waals surface area contributed by atoms with Crippen LogP contribution in [0.4, 0.5) is 17.1 Å². The zero-order valence-electron chi connectivity index (χ0n) is 27.0. The van der Waals surface area contributed by atoms with Crippen molar-refractivity contribution in [3.8, 4) is 0 Å². The van der Waals surface area contributed by atoms with Gasteiger partial charge in [0.25, 0.3) is 17.1 Å². The molecule has 0 heterocycles. The number of non-ortho nitro benzene ring substituents is 1. The highest BCUT2D eigenvalue weighted by Gasteiger charge is 2.24. The van der Waals surface area contributed by atoms with E-state index in [0.717, 1.165) is 33.4 Å². The van der Waals surface area contributed by atoms with E-state index in [9.17, 15) is 30.3 Å². The third-order valence-corrected chi connectivity index (χ3v) is 6.65. The highest BCUT2D eigenvalue weighted by Crippen LogP contribution is 2.32. The molecule has 3 aromatic carbocycles. The molecule has 0 aliphatic heterocycles. The van der Waals surface area contributed by atoms with Gasteiger partial charge in [-0.25, -0.2) is 0 Å². The summed E-state index contributed by atoms with van der Waals surface area (Å²) in [4.78, 5) is 30.9. The van der Waals surface area contributed by atoms with Gasteiger partial charge in [0.1, 0.15) is 0 Å². The fraction of sp³-hybridized carbons (Fsp3) is 0.455. The van der Waals surface area contributed by atoms with Crippen LogP contribution in [0, 0.1) is 51.1 Å². The van der Waals surface area contributed by atoms with E-state index in [4.69, 9.17) is 0 Å². The predicted octanol–water partition coefficient (Wildman–Crippen LogP) is 9.60. The van der Waals surface area contributed by atoms with Gasteiger partial charge in [-0.05, 0) is 65.8 Å². The summed E-state index contributed by atoms with van der Waals surface area (Å²) in [6, 6.07) is 15.6. The lowest BCUT2D eigenvalue weighted by Crippen LogP contribution is -2.13. The largest absolute Gasteiger partial charge is 0.273 e.